The van der Waals surface area contributed by atoms with Gasteiger partial charge in [-0.3, -0.25) is 9.59 Å². The SMILES string of the molecule is CNC(=O)c1nnc(NC(=O)C2CC2)cc1Nc1cccc(-c2ccc([S@](=N)(=O)C(C)C)nn2)c1OC. The summed E-state index contributed by atoms with van der Waals surface area (Å²) in [5.74, 6) is 0.000463. The van der Waals surface area contributed by atoms with E-state index in [2.05, 4.69) is 36.3 Å². The average molecular weight is 525 g/mol. The Kier molecular flexibility index (Phi) is 7.34. The van der Waals surface area contributed by atoms with Crippen molar-refractivity contribution in [2.45, 2.75) is 37.0 Å². The van der Waals surface area contributed by atoms with E-state index in [1.807, 2.05) is 0 Å². The zero-order valence-electron chi connectivity index (χ0n) is 20.9. The first-order valence-corrected chi connectivity index (χ1v) is 13.2. The number of amides is 2. The molecule has 2 aromatic heterocycles. The molecule has 0 bridgehead atoms. The number of hydrogen-bond acceptors (Lipinski definition) is 10. The number of nitrogens with one attached hydrogen (secondary N) is 4. The van der Waals surface area contributed by atoms with Crippen LogP contribution in [-0.2, 0) is 14.5 Å². The molecule has 37 heavy (non-hydrogen) atoms. The summed E-state index contributed by atoms with van der Waals surface area (Å²) >= 11 is 0. The Bertz CT molecular complexity index is 1440. The van der Waals surface area contributed by atoms with Gasteiger partial charge in [-0.2, -0.15) is 0 Å². The summed E-state index contributed by atoms with van der Waals surface area (Å²) in [6.45, 7) is 3.40. The molecule has 1 aliphatic carbocycles. The molecule has 194 valence electrons. The number of hydrogen-bond donors (Lipinski definition) is 4. The highest BCUT2D eigenvalue weighted by molar-refractivity contribution is 7.92. The summed E-state index contributed by atoms with van der Waals surface area (Å²) in [6.07, 6.45) is 1.68. The van der Waals surface area contributed by atoms with Gasteiger partial charge in [0.05, 0.1) is 33.9 Å². The van der Waals surface area contributed by atoms with Crippen molar-refractivity contribution in [3.63, 3.8) is 0 Å². The van der Waals surface area contributed by atoms with Gasteiger partial charge in [-0.25, -0.2) is 8.99 Å². The number of rotatable bonds is 9. The molecule has 0 aliphatic heterocycles. The lowest BCUT2D eigenvalue weighted by atomic mass is 10.1. The number of carbonyl (C=O) groups is 2. The summed E-state index contributed by atoms with van der Waals surface area (Å²) in [7, 11) is -0.0944. The van der Waals surface area contributed by atoms with Crippen LogP contribution in [0.4, 0.5) is 17.2 Å². The number of anilines is 3. The van der Waals surface area contributed by atoms with Crippen molar-refractivity contribution < 1.29 is 18.5 Å². The normalized spacial score (nSPS) is 14.5. The summed E-state index contributed by atoms with van der Waals surface area (Å²) in [6, 6.07) is 9.99. The molecule has 0 saturated heterocycles. The monoisotopic (exact) mass is 524 g/mol. The summed E-state index contributed by atoms with van der Waals surface area (Å²) < 4.78 is 26.4. The van der Waals surface area contributed by atoms with Crippen LogP contribution in [0.5, 0.6) is 5.75 Å². The molecule has 1 atom stereocenters. The lowest BCUT2D eigenvalue weighted by molar-refractivity contribution is -0.117. The molecule has 1 aliphatic rings. The first-order valence-electron chi connectivity index (χ1n) is 11.6. The van der Waals surface area contributed by atoms with Crippen LogP contribution in [0.1, 0.15) is 37.2 Å². The second-order valence-electron chi connectivity index (χ2n) is 8.75. The number of aromatic nitrogens is 4. The molecule has 1 saturated carbocycles. The van der Waals surface area contributed by atoms with Gasteiger partial charge in [0.2, 0.25) is 5.91 Å². The van der Waals surface area contributed by atoms with Crippen LogP contribution in [0.15, 0.2) is 41.4 Å². The Labute approximate surface area is 214 Å². The Morgan fingerprint density at radius 1 is 1.08 bits per heavy atom. The van der Waals surface area contributed by atoms with Gasteiger partial charge in [0, 0.05) is 29.8 Å². The largest absolute Gasteiger partial charge is 0.494 e. The van der Waals surface area contributed by atoms with Crippen molar-refractivity contribution in [3.8, 4) is 17.0 Å². The van der Waals surface area contributed by atoms with Gasteiger partial charge < -0.3 is 20.7 Å². The summed E-state index contributed by atoms with van der Waals surface area (Å²) in [5, 5.41) is 24.4. The van der Waals surface area contributed by atoms with Crippen LogP contribution in [0.25, 0.3) is 11.3 Å². The maximum Gasteiger partial charge on any atom is 0.273 e. The van der Waals surface area contributed by atoms with E-state index in [9.17, 15) is 13.8 Å². The molecule has 1 aromatic carbocycles. The molecule has 4 rings (SSSR count). The Morgan fingerprint density at radius 3 is 2.43 bits per heavy atom. The Morgan fingerprint density at radius 2 is 1.84 bits per heavy atom. The molecule has 0 spiro atoms. The summed E-state index contributed by atoms with van der Waals surface area (Å²) in [5.41, 5.74) is 1.86. The predicted molar refractivity (Wildman–Crippen MR) is 138 cm³/mol. The van der Waals surface area contributed by atoms with Crippen LogP contribution in [0, 0.1) is 10.7 Å². The molecule has 4 N–H and O–H groups in total. The van der Waals surface area contributed by atoms with Crippen LogP contribution in [0.3, 0.4) is 0 Å². The average Bonchev–Trinajstić information content (AvgIpc) is 3.74. The minimum absolute atomic E-state index is 0.0231. The molecule has 0 unspecified atom stereocenters. The van der Waals surface area contributed by atoms with Crippen LogP contribution in [-0.4, -0.2) is 55.8 Å². The van der Waals surface area contributed by atoms with Crippen molar-refractivity contribution in [1.82, 2.24) is 25.7 Å². The van der Waals surface area contributed by atoms with Crippen LogP contribution >= 0.6 is 0 Å². The standard InChI is InChI=1S/C24H28N8O4S/c1-13(2)37(25,35)20-11-10-16(29-31-20)15-6-5-7-17(22(15)36-4)27-18-12-19(28-23(33)14-8-9-14)30-32-21(18)24(34)26-3/h5-7,10-14,25H,8-9H2,1-4H3,(H,26,34)(H2,27,28,30,33)/t37-/m1/s1. The molecular formula is C24H28N8O4S. The van der Waals surface area contributed by atoms with E-state index >= 15 is 0 Å². The first-order chi connectivity index (χ1) is 17.6. The highest BCUT2D eigenvalue weighted by Crippen LogP contribution is 2.38. The quantitative estimate of drug-likeness (QED) is 0.328. The van der Waals surface area contributed by atoms with Crippen molar-refractivity contribution in [2.75, 3.05) is 24.8 Å². The van der Waals surface area contributed by atoms with Crippen molar-refractivity contribution in [1.29, 1.82) is 4.78 Å². The van der Waals surface area contributed by atoms with Crippen molar-refractivity contribution in [2.24, 2.45) is 5.92 Å². The Hall–Kier alpha value is -4.13. The van der Waals surface area contributed by atoms with E-state index in [1.165, 1.54) is 26.3 Å². The first kappa shape index (κ1) is 25.9. The number of ether oxygens (including phenoxy) is 1. The fourth-order valence-corrected chi connectivity index (χ4v) is 4.39. The molecule has 2 amide bonds. The van der Waals surface area contributed by atoms with Crippen molar-refractivity contribution >= 4 is 38.7 Å². The van der Waals surface area contributed by atoms with E-state index in [4.69, 9.17) is 9.52 Å². The van der Waals surface area contributed by atoms with E-state index in [0.29, 0.717) is 28.4 Å². The molecule has 1 fully saturated rings. The van der Waals surface area contributed by atoms with Gasteiger partial charge in [0.1, 0.15) is 0 Å². The van der Waals surface area contributed by atoms with Gasteiger partial charge >= 0.3 is 0 Å². The zero-order chi connectivity index (χ0) is 26.7. The van der Waals surface area contributed by atoms with Gasteiger partial charge in [-0.1, -0.05) is 6.07 Å². The van der Waals surface area contributed by atoms with Gasteiger partial charge in [0.15, 0.2) is 22.3 Å². The molecule has 2 heterocycles. The van der Waals surface area contributed by atoms with Crippen LogP contribution in [0.2, 0.25) is 0 Å². The minimum Gasteiger partial charge on any atom is -0.494 e. The fraction of sp³-hybridized carbons (Fsp3) is 0.333. The van der Waals surface area contributed by atoms with Crippen molar-refractivity contribution in [3.05, 3.63) is 42.1 Å². The third-order valence-electron chi connectivity index (χ3n) is 5.81. The maximum atomic E-state index is 12.6. The smallest absolute Gasteiger partial charge is 0.273 e. The lowest BCUT2D eigenvalue weighted by Gasteiger charge is -2.17. The molecule has 13 heteroatoms. The molecule has 12 nitrogen and oxygen atoms in total. The highest BCUT2D eigenvalue weighted by Gasteiger charge is 2.30. The summed E-state index contributed by atoms with van der Waals surface area (Å²) in [4.78, 5) is 24.7. The number of carbonyl (C=O) groups excluding carboxylic acids is 2. The number of para-hydroxylation sites is 1. The third-order valence-corrected chi connectivity index (χ3v) is 7.98. The third kappa shape index (κ3) is 5.50. The molecule has 3 aromatic rings. The highest BCUT2D eigenvalue weighted by atomic mass is 32.2. The van der Waals surface area contributed by atoms with Gasteiger partial charge in [-0.05, 0) is 51.0 Å². The van der Waals surface area contributed by atoms with Gasteiger partial charge in [0.25, 0.3) is 5.91 Å². The van der Waals surface area contributed by atoms with E-state index in [-0.39, 0.29) is 28.4 Å². The fourth-order valence-electron chi connectivity index (χ4n) is 3.48. The number of methoxy groups -OCH3 is 1. The van der Waals surface area contributed by atoms with Crippen LogP contribution < -0.4 is 20.7 Å². The molecular weight excluding hydrogens is 496 g/mol. The predicted octanol–water partition coefficient (Wildman–Crippen LogP) is 3.21. The van der Waals surface area contributed by atoms with Gasteiger partial charge in [-0.15, -0.1) is 20.4 Å². The maximum absolute atomic E-state index is 12.6. The minimum atomic E-state index is -3.07. The van der Waals surface area contributed by atoms with E-state index in [0.717, 1.165) is 12.8 Å². The van der Waals surface area contributed by atoms with E-state index < -0.39 is 20.9 Å². The zero-order valence-corrected chi connectivity index (χ0v) is 21.7. The Balaban J connectivity index is 1.70. The lowest BCUT2D eigenvalue weighted by Crippen LogP contribution is -2.22. The molecule has 0 radical (unpaired) electrons. The second kappa shape index (κ2) is 10.5. The van der Waals surface area contributed by atoms with E-state index in [1.54, 1.807) is 38.1 Å². The number of nitrogens with zero attached hydrogens (tertiary/aromatic N) is 4. The number of benzene rings is 1. The second-order valence-corrected chi connectivity index (χ2v) is 11.3. The topological polar surface area (TPSA) is 172 Å².